The topological polar surface area (TPSA) is 46.2 Å². The maximum Gasteiger partial charge on any atom is 0.0483 e. The second-order valence-corrected chi connectivity index (χ2v) is 6.48. The molecule has 21 heavy (non-hydrogen) atoms. The van der Waals surface area contributed by atoms with Gasteiger partial charge in [0.05, 0.1) is 0 Å². The molecule has 0 heterocycles. The summed E-state index contributed by atoms with van der Waals surface area (Å²) >= 11 is 0. The van der Waals surface area contributed by atoms with Gasteiger partial charge in [-0.15, -0.1) is 0 Å². The number of aliphatic hydroxyl groups excluding tert-OH is 1. The van der Waals surface area contributed by atoms with Crippen LogP contribution in [0.15, 0.2) is 0 Å². The van der Waals surface area contributed by atoms with Crippen molar-refractivity contribution in [2.24, 2.45) is 5.73 Å². The molecule has 0 aliphatic heterocycles. The lowest BCUT2D eigenvalue weighted by molar-refractivity contribution is 0.216. The average Bonchev–Trinajstić information content (AvgIpc) is 2.43. The molecule has 2 heteroatoms. The molecule has 0 aliphatic carbocycles. The van der Waals surface area contributed by atoms with Crippen LogP contribution in [0.25, 0.3) is 0 Å². The van der Waals surface area contributed by atoms with Gasteiger partial charge < -0.3 is 10.8 Å². The minimum absolute atomic E-state index is 0.167. The van der Waals surface area contributed by atoms with Gasteiger partial charge in [-0.1, -0.05) is 90.4 Å². The Morgan fingerprint density at radius 3 is 1.10 bits per heavy atom. The van der Waals surface area contributed by atoms with Gasteiger partial charge in [0.15, 0.2) is 0 Å². The lowest BCUT2D eigenvalue weighted by Gasteiger charge is -2.02. The Morgan fingerprint density at radius 1 is 0.619 bits per heavy atom. The van der Waals surface area contributed by atoms with E-state index in [2.05, 4.69) is 6.92 Å². The lowest BCUT2D eigenvalue weighted by atomic mass is 10.0. The summed E-state index contributed by atoms with van der Waals surface area (Å²) in [6, 6.07) is 0. The van der Waals surface area contributed by atoms with Crippen LogP contribution in [0.5, 0.6) is 0 Å². The summed E-state index contributed by atoms with van der Waals surface area (Å²) in [5.41, 5.74) is 5.47. The third-order valence-electron chi connectivity index (χ3n) is 3.56. The number of aliphatic hydroxyl groups is 1. The SMILES string of the molecule is CC(C)O.CCCCCCCCCCCCCCCCN. The Hall–Kier alpha value is -0.0800. The molecule has 0 aromatic heterocycles. The largest absolute Gasteiger partial charge is 0.394 e. The molecule has 3 N–H and O–H groups in total. The first kappa shape index (κ1) is 23.2. The minimum atomic E-state index is -0.167. The van der Waals surface area contributed by atoms with Gasteiger partial charge in [0.2, 0.25) is 0 Å². The monoisotopic (exact) mass is 301 g/mol. The Balaban J connectivity index is 0. The van der Waals surface area contributed by atoms with Crippen LogP contribution in [0.3, 0.4) is 0 Å². The molecule has 0 aliphatic rings. The van der Waals surface area contributed by atoms with Crippen LogP contribution in [0.1, 0.15) is 111 Å². The molecule has 0 unspecified atom stereocenters. The zero-order valence-electron chi connectivity index (χ0n) is 15.2. The molecule has 0 aromatic carbocycles. The van der Waals surface area contributed by atoms with Crippen LogP contribution < -0.4 is 5.73 Å². The third kappa shape index (κ3) is 33.0. The van der Waals surface area contributed by atoms with Gasteiger partial charge >= 0.3 is 0 Å². The fourth-order valence-electron chi connectivity index (χ4n) is 2.34. The molecule has 0 spiro atoms. The summed E-state index contributed by atoms with van der Waals surface area (Å²) in [5.74, 6) is 0. The fourth-order valence-corrected chi connectivity index (χ4v) is 2.34. The van der Waals surface area contributed by atoms with E-state index in [1.54, 1.807) is 13.8 Å². The highest BCUT2D eigenvalue weighted by Crippen LogP contribution is 2.12. The van der Waals surface area contributed by atoms with Gasteiger partial charge in [0.1, 0.15) is 0 Å². The van der Waals surface area contributed by atoms with E-state index < -0.39 is 0 Å². The van der Waals surface area contributed by atoms with Gasteiger partial charge in [0.25, 0.3) is 0 Å². The van der Waals surface area contributed by atoms with Crippen LogP contribution in [0.2, 0.25) is 0 Å². The number of nitrogens with two attached hydrogens (primary N) is 1. The smallest absolute Gasteiger partial charge is 0.0483 e. The summed E-state index contributed by atoms with van der Waals surface area (Å²) in [6.45, 7) is 6.60. The second-order valence-electron chi connectivity index (χ2n) is 6.48. The van der Waals surface area contributed by atoms with E-state index in [1.807, 2.05) is 0 Å². The van der Waals surface area contributed by atoms with Crippen molar-refractivity contribution in [3.8, 4) is 0 Å². The summed E-state index contributed by atoms with van der Waals surface area (Å²) < 4.78 is 0. The average molecular weight is 302 g/mol. The van der Waals surface area contributed by atoms with E-state index in [9.17, 15) is 0 Å². The molecule has 2 nitrogen and oxygen atoms in total. The predicted octanol–water partition coefficient (Wildman–Crippen LogP) is 5.81. The first-order chi connectivity index (χ1) is 10.1. The maximum absolute atomic E-state index is 8.06. The molecule has 0 saturated heterocycles. The third-order valence-corrected chi connectivity index (χ3v) is 3.56. The van der Waals surface area contributed by atoms with Crippen LogP contribution in [0.4, 0.5) is 0 Å². The Kier molecular flexibility index (Phi) is 24.5. The second kappa shape index (κ2) is 22.2. The van der Waals surface area contributed by atoms with Gasteiger partial charge in [-0.3, -0.25) is 0 Å². The Morgan fingerprint density at radius 2 is 0.857 bits per heavy atom. The Labute approximate surface area is 134 Å². The van der Waals surface area contributed by atoms with Crippen LogP contribution in [0, 0.1) is 0 Å². The van der Waals surface area contributed by atoms with Crippen LogP contribution in [-0.2, 0) is 0 Å². The molecule has 0 rings (SSSR count). The predicted molar refractivity (Wildman–Crippen MR) is 96.7 cm³/mol. The van der Waals surface area contributed by atoms with Crippen molar-refractivity contribution < 1.29 is 5.11 Å². The summed E-state index contributed by atoms with van der Waals surface area (Å²) in [4.78, 5) is 0. The maximum atomic E-state index is 8.06. The van der Waals surface area contributed by atoms with Gasteiger partial charge in [-0.05, 0) is 26.8 Å². The molecule has 0 saturated carbocycles. The zero-order chi connectivity index (χ0) is 16.2. The van der Waals surface area contributed by atoms with Crippen molar-refractivity contribution in [2.45, 2.75) is 117 Å². The van der Waals surface area contributed by atoms with Gasteiger partial charge in [-0.2, -0.15) is 0 Å². The summed E-state index contributed by atoms with van der Waals surface area (Å²) in [7, 11) is 0. The molecule has 0 atom stereocenters. The number of hydrogen-bond donors (Lipinski definition) is 2. The van der Waals surface area contributed by atoms with Gasteiger partial charge in [0, 0.05) is 6.10 Å². The fraction of sp³-hybridized carbons (Fsp3) is 1.00. The molecule has 0 radical (unpaired) electrons. The quantitative estimate of drug-likeness (QED) is 0.397. The summed E-state index contributed by atoms with van der Waals surface area (Å²) in [6.07, 6.45) is 19.7. The highest BCUT2D eigenvalue weighted by Gasteiger charge is 1.93. The minimum Gasteiger partial charge on any atom is -0.394 e. The number of hydrogen-bond acceptors (Lipinski definition) is 2. The van der Waals surface area contributed by atoms with Crippen molar-refractivity contribution in [1.29, 1.82) is 0 Å². The highest BCUT2D eigenvalue weighted by molar-refractivity contribution is 4.49. The first-order valence-corrected chi connectivity index (χ1v) is 9.53. The summed E-state index contributed by atoms with van der Waals surface area (Å²) in [5, 5.41) is 8.06. The van der Waals surface area contributed by atoms with Crippen LogP contribution in [-0.4, -0.2) is 17.8 Å². The number of unbranched alkanes of at least 4 members (excludes halogenated alkanes) is 13. The highest BCUT2D eigenvalue weighted by atomic mass is 16.3. The standard InChI is InChI=1S/C16H35N.C3H8O/c1-2-3-4-5-6-7-8-9-10-11-12-13-14-15-16-17;1-3(2)4/h2-17H2,1H3;3-4H,1-2H3. The van der Waals surface area contributed by atoms with E-state index in [1.165, 1.54) is 89.9 Å². The molecular weight excluding hydrogens is 258 g/mol. The van der Waals surface area contributed by atoms with E-state index >= 15 is 0 Å². The normalized spacial score (nSPS) is 10.6. The van der Waals surface area contributed by atoms with Crippen molar-refractivity contribution in [1.82, 2.24) is 0 Å². The van der Waals surface area contributed by atoms with E-state index in [0.717, 1.165) is 6.54 Å². The Bertz CT molecular complexity index is 143. The van der Waals surface area contributed by atoms with Gasteiger partial charge in [-0.25, -0.2) is 0 Å². The molecule has 0 bridgehead atoms. The molecule has 130 valence electrons. The van der Waals surface area contributed by atoms with E-state index in [0.29, 0.717) is 0 Å². The van der Waals surface area contributed by atoms with Crippen molar-refractivity contribution in [3.05, 3.63) is 0 Å². The molecule has 0 fully saturated rings. The molecule has 0 amide bonds. The first-order valence-electron chi connectivity index (χ1n) is 9.53. The van der Waals surface area contributed by atoms with E-state index in [-0.39, 0.29) is 6.10 Å². The van der Waals surface area contributed by atoms with Crippen LogP contribution >= 0.6 is 0 Å². The zero-order valence-corrected chi connectivity index (χ0v) is 15.2. The van der Waals surface area contributed by atoms with E-state index in [4.69, 9.17) is 10.8 Å². The number of rotatable bonds is 14. The molecular formula is C19H43NO. The van der Waals surface area contributed by atoms with Crippen molar-refractivity contribution in [2.75, 3.05) is 6.54 Å². The lowest BCUT2D eigenvalue weighted by Crippen LogP contribution is -1.97. The van der Waals surface area contributed by atoms with Crippen molar-refractivity contribution in [3.63, 3.8) is 0 Å². The van der Waals surface area contributed by atoms with Crippen molar-refractivity contribution >= 4 is 0 Å². The molecule has 0 aromatic rings.